The molecule has 0 aromatic heterocycles. The van der Waals surface area contributed by atoms with Crippen molar-refractivity contribution in [3.05, 3.63) is 38.3 Å². The van der Waals surface area contributed by atoms with Crippen LogP contribution < -0.4 is 0 Å². The van der Waals surface area contributed by atoms with Crippen molar-refractivity contribution < 1.29 is 19.9 Å². The molecule has 6 nitrogen and oxygen atoms in total. The first kappa shape index (κ1) is 16.1. The Labute approximate surface area is 122 Å². The fourth-order valence-electron chi connectivity index (χ4n) is 1.43. The van der Waals surface area contributed by atoms with Gasteiger partial charge in [0.1, 0.15) is 6.10 Å². The van der Waals surface area contributed by atoms with Gasteiger partial charge in [0.25, 0.3) is 5.69 Å². The zero-order chi connectivity index (χ0) is 14.6. The van der Waals surface area contributed by atoms with Crippen molar-refractivity contribution in [2.24, 2.45) is 0 Å². The van der Waals surface area contributed by atoms with Crippen LogP contribution in [0.2, 0.25) is 0 Å². The molecular formula is C11H12BrNO5S. The Kier molecular flexibility index (Phi) is 5.92. The third kappa shape index (κ3) is 4.57. The molecule has 0 aliphatic rings. The molecule has 1 aromatic rings. The SMILES string of the molecule is CC(=O)SCC(O)C(O)c1ccc(Br)cc1[N+](=O)[O-]. The molecule has 0 saturated carbocycles. The van der Waals surface area contributed by atoms with Crippen molar-refractivity contribution in [2.45, 2.75) is 19.1 Å². The van der Waals surface area contributed by atoms with Crippen molar-refractivity contribution in [3.63, 3.8) is 0 Å². The Bertz CT molecular complexity index is 496. The minimum atomic E-state index is -1.42. The van der Waals surface area contributed by atoms with Crippen LogP contribution in [-0.4, -0.2) is 32.1 Å². The number of carbonyl (C=O) groups is 1. The average Bonchev–Trinajstić information content (AvgIpc) is 2.34. The number of nitrogens with zero attached hydrogens (tertiary/aromatic N) is 1. The molecule has 0 aliphatic carbocycles. The Morgan fingerprint density at radius 3 is 2.68 bits per heavy atom. The van der Waals surface area contributed by atoms with Crippen LogP contribution >= 0.6 is 27.7 Å². The maximum Gasteiger partial charge on any atom is 0.276 e. The van der Waals surface area contributed by atoms with Crippen LogP contribution in [0.25, 0.3) is 0 Å². The molecule has 0 heterocycles. The van der Waals surface area contributed by atoms with Crippen LogP contribution in [-0.2, 0) is 4.79 Å². The van der Waals surface area contributed by atoms with Gasteiger partial charge in [0.2, 0.25) is 0 Å². The van der Waals surface area contributed by atoms with Gasteiger partial charge in [-0.2, -0.15) is 0 Å². The number of halogens is 1. The number of benzene rings is 1. The lowest BCUT2D eigenvalue weighted by Gasteiger charge is -2.17. The molecule has 2 N–H and O–H groups in total. The topological polar surface area (TPSA) is 101 Å². The lowest BCUT2D eigenvalue weighted by Crippen LogP contribution is -2.22. The Balaban J connectivity index is 2.95. The number of hydrogen-bond acceptors (Lipinski definition) is 6. The molecule has 19 heavy (non-hydrogen) atoms. The number of rotatable bonds is 5. The summed E-state index contributed by atoms with van der Waals surface area (Å²) in [6, 6.07) is 4.16. The van der Waals surface area contributed by atoms with Crippen LogP contribution in [0.5, 0.6) is 0 Å². The van der Waals surface area contributed by atoms with E-state index < -0.39 is 17.1 Å². The largest absolute Gasteiger partial charge is 0.389 e. The first-order valence-corrected chi connectivity index (χ1v) is 7.04. The highest BCUT2D eigenvalue weighted by Crippen LogP contribution is 2.31. The first-order chi connectivity index (χ1) is 8.82. The summed E-state index contributed by atoms with van der Waals surface area (Å²) in [6.07, 6.45) is -2.67. The lowest BCUT2D eigenvalue weighted by molar-refractivity contribution is -0.386. The summed E-state index contributed by atoms with van der Waals surface area (Å²) in [7, 11) is 0. The third-order valence-electron chi connectivity index (χ3n) is 2.33. The molecule has 0 amide bonds. The van der Waals surface area contributed by atoms with Gasteiger partial charge in [-0.1, -0.05) is 27.7 Å². The van der Waals surface area contributed by atoms with E-state index >= 15 is 0 Å². The fourth-order valence-corrected chi connectivity index (χ4v) is 2.36. The van der Waals surface area contributed by atoms with Crippen molar-refractivity contribution in [2.75, 3.05) is 5.75 Å². The normalized spacial score (nSPS) is 13.9. The third-order valence-corrected chi connectivity index (χ3v) is 3.74. The highest BCUT2D eigenvalue weighted by molar-refractivity contribution is 9.10. The van der Waals surface area contributed by atoms with E-state index in [1.807, 2.05) is 0 Å². The van der Waals surface area contributed by atoms with E-state index in [-0.39, 0.29) is 22.1 Å². The second kappa shape index (κ2) is 6.99. The highest BCUT2D eigenvalue weighted by atomic mass is 79.9. The number of aliphatic hydroxyl groups is 2. The van der Waals surface area contributed by atoms with Crippen LogP contribution in [0, 0.1) is 10.1 Å². The number of nitro benzene ring substituents is 1. The Morgan fingerprint density at radius 1 is 1.53 bits per heavy atom. The van der Waals surface area contributed by atoms with Crippen LogP contribution in [0.15, 0.2) is 22.7 Å². The standard InChI is InChI=1S/C11H12BrNO5S/c1-6(14)19-5-10(15)11(16)8-3-2-7(12)4-9(8)13(17)18/h2-4,10-11,15-16H,5H2,1H3. The van der Waals surface area contributed by atoms with Gasteiger partial charge in [0.05, 0.1) is 16.6 Å². The van der Waals surface area contributed by atoms with Gasteiger partial charge in [0, 0.05) is 23.2 Å². The molecule has 2 atom stereocenters. The second-order valence-corrected chi connectivity index (χ2v) is 5.89. The van der Waals surface area contributed by atoms with E-state index in [1.54, 1.807) is 0 Å². The number of nitro groups is 1. The van der Waals surface area contributed by atoms with Crippen molar-refractivity contribution in [1.82, 2.24) is 0 Å². The molecular weight excluding hydrogens is 338 g/mol. The minimum Gasteiger partial charge on any atom is -0.389 e. The Morgan fingerprint density at radius 2 is 2.16 bits per heavy atom. The van der Waals surface area contributed by atoms with E-state index in [2.05, 4.69) is 15.9 Å². The minimum absolute atomic E-state index is 0.0184. The van der Waals surface area contributed by atoms with Crippen LogP contribution in [0.1, 0.15) is 18.6 Å². The fraction of sp³-hybridized carbons (Fsp3) is 0.364. The summed E-state index contributed by atoms with van der Waals surface area (Å²) in [5.74, 6) is -0.0241. The van der Waals surface area contributed by atoms with E-state index in [0.717, 1.165) is 11.8 Å². The van der Waals surface area contributed by atoms with Gasteiger partial charge in [-0.15, -0.1) is 0 Å². The van der Waals surface area contributed by atoms with Gasteiger partial charge < -0.3 is 10.2 Å². The maximum atomic E-state index is 10.9. The van der Waals surface area contributed by atoms with Gasteiger partial charge in [0.15, 0.2) is 5.12 Å². The van der Waals surface area contributed by atoms with E-state index in [9.17, 15) is 25.1 Å². The predicted molar refractivity (Wildman–Crippen MR) is 74.9 cm³/mol. The average molecular weight is 350 g/mol. The number of aliphatic hydroxyl groups excluding tert-OH is 2. The molecule has 0 saturated heterocycles. The quantitative estimate of drug-likeness (QED) is 0.623. The van der Waals surface area contributed by atoms with Gasteiger partial charge in [-0.05, 0) is 12.1 Å². The van der Waals surface area contributed by atoms with Crippen molar-refractivity contribution in [1.29, 1.82) is 0 Å². The van der Waals surface area contributed by atoms with Crippen LogP contribution in [0.4, 0.5) is 5.69 Å². The highest BCUT2D eigenvalue weighted by Gasteiger charge is 2.26. The van der Waals surface area contributed by atoms with E-state index in [1.165, 1.54) is 25.1 Å². The lowest BCUT2D eigenvalue weighted by atomic mass is 10.0. The number of carbonyl (C=O) groups excluding carboxylic acids is 1. The second-order valence-electron chi connectivity index (χ2n) is 3.78. The zero-order valence-corrected chi connectivity index (χ0v) is 12.3. The number of hydrogen-bond donors (Lipinski definition) is 2. The smallest absolute Gasteiger partial charge is 0.276 e. The molecule has 0 radical (unpaired) electrons. The predicted octanol–water partition coefficient (Wildman–Crippen LogP) is 2.03. The van der Waals surface area contributed by atoms with Gasteiger partial charge >= 0.3 is 0 Å². The van der Waals surface area contributed by atoms with E-state index in [0.29, 0.717) is 4.47 Å². The summed E-state index contributed by atoms with van der Waals surface area (Å²) in [4.78, 5) is 21.1. The molecule has 0 fully saturated rings. The first-order valence-electron chi connectivity index (χ1n) is 5.26. The molecule has 2 unspecified atom stereocenters. The van der Waals surface area contributed by atoms with Crippen molar-refractivity contribution in [3.8, 4) is 0 Å². The number of thioether (sulfide) groups is 1. The summed E-state index contributed by atoms with van der Waals surface area (Å²) in [5.41, 5.74) is -0.265. The summed E-state index contributed by atoms with van der Waals surface area (Å²) >= 11 is 3.95. The van der Waals surface area contributed by atoms with E-state index in [4.69, 9.17) is 0 Å². The van der Waals surface area contributed by atoms with Gasteiger partial charge in [-0.3, -0.25) is 14.9 Å². The molecule has 8 heteroatoms. The molecule has 1 aromatic carbocycles. The maximum absolute atomic E-state index is 10.9. The molecule has 0 bridgehead atoms. The van der Waals surface area contributed by atoms with Crippen molar-refractivity contribution >= 4 is 38.5 Å². The molecule has 0 aliphatic heterocycles. The van der Waals surface area contributed by atoms with Gasteiger partial charge in [-0.25, -0.2) is 0 Å². The monoisotopic (exact) mass is 349 g/mol. The summed E-state index contributed by atoms with van der Waals surface area (Å²) < 4.78 is 0.503. The zero-order valence-electron chi connectivity index (χ0n) is 9.95. The molecule has 0 spiro atoms. The summed E-state index contributed by atoms with van der Waals surface area (Å²) in [6.45, 7) is 1.34. The Hall–Kier alpha value is -0.960. The molecule has 104 valence electrons. The summed E-state index contributed by atoms with van der Waals surface area (Å²) in [5, 5.41) is 30.4. The van der Waals surface area contributed by atoms with Crippen LogP contribution in [0.3, 0.4) is 0 Å². The molecule has 1 rings (SSSR count).